The fourth-order valence-corrected chi connectivity index (χ4v) is 1.87. The summed E-state index contributed by atoms with van der Waals surface area (Å²) in [5.74, 6) is 0. The zero-order valence-electron chi connectivity index (χ0n) is 12.5. The van der Waals surface area contributed by atoms with Gasteiger partial charge in [-0.2, -0.15) is 0 Å². The molecule has 0 aliphatic rings. The molecule has 1 aromatic heterocycles. The molecular formula is C15H28N2O. The Labute approximate surface area is 112 Å². The first kappa shape index (κ1) is 15.3. The van der Waals surface area contributed by atoms with Crippen LogP contribution in [0.1, 0.15) is 45.4 Å². The Morgan fingerprint density at radius 2 is 2.06 bits per heavy atom. The van der Waals surface area contributed by atoms with E-state index in [1.807, 2.05) is 6.92 Å². The van der Waals surface area contributed by atoms with Crippen LogP contribution < -0.4 is 5.32 Å². The predicted octanol–water partition coefficient (Wildman–Crippen LogP) is 3.11. The second-order valence-electron chi connectivity index (χ2n) is 5.77. The van der Waals surface area contributed by atoms with E-state index in [2.05, 4.69) is 49.8 Å². The van der Waals surface area contributed by atoms with Gasteiger partial charge in [0.2, 0.25) is 0 Å². The molecule has 0 saturated carbocycles. The van der Waals surface area contributed by atoms with Gasteiger partial charge in [0.25, 0.3) is 0 Å². The molecule has 104 valence electrons. The average Bonchev–Trinajstić information content (AvgIpc) is 2.63. The Hall–Kier alpha value is -0.800. The number of nitrogens with zero attached hydrogens (tertiary/aromatic N) is 1. The summed E-state index contributed by atoms with van der Waals surface area (Å²) in [4.78, 5) is 0. The van der Waals surface area contributed by atoms with E-state index in [1.54, 1.807) is 0 Å². The largest absolute Gasteiger partial charge is 0.382 e. The molecule has 0 aliphatic heterocycles. The fourth-order valence-electron chi connectivity index (χ4n) is 1.87. The topological polar surface area (TPSA) is 26.2 Å². The molecule has 1 rings (SSSR count). The van der Waals surface area contributed by atoms with Crippen LogP contribution in [0.2, 0.25) is 0 Å². The SMILES string of the molecule is CCOCCCn1ccc(CNC(C)(C)C)c1C. The van der Waals surface area contributed by atoms with E-state index >= 15 is 0 Å². The second kappa shape index (κ2) is 6.95. The zero-order chi connectivity index (χ0) is 13.6. The number of hydrogen-bond donors (Lipinski definition) is 1. The van der Waals surface area contributed by atoms with Gasteiger partial charge < -0.3 is 14.6 Å². The molecule has 0 amide bonds. The maximum absolute atomic E-state index is 5.37. The number of ether oxygens (including phenoxy) is 1. The van der Waals surface area contributed by atoms with Gasteiger partial charge in [-0.05, 0) is 52.7 Å². The number of nitrogens with one attached hydrogen (secondary N) is 1. The first-order valence-corrected chi connectivity index (χ1v) is 6.91. The minimum atomic E-state index is 0.170. The van der Waals surface area contributed by atoms with Crippen LogP contribution in [0, 0.1) is 6.92 Å². The smallest absolute Gasteiger partial charge is 0.0482 e. The van der Waals surface area contributed by atoms with Crippen molar-refractivity contribution in [3.05, 3.63) is 23.5 Å². The summed E-state index contributed by atoms with van der Waals surface area (Å²) >= 11 is 0. The fraction of sp³-hybridized carbons (Fsp3) is 0.733. The van der Waals surface area contributed by atoms with Crippen molar-refractivity contribution in [3.63, 3.8) is 0 Å². The lowest BCUT2D eigenvalue weighted by Gasteiger charge is -2.20. The van der Waals surface area contributed by atoms with E-state index < -0.39 is 0 Å². The number of hydrogen-bond acceptors (Lipinski definition) is 2. The third kappa shape index (κ3) is 5.23. The van der Waals surface area contributed by atoms with Gasteiger partial charge in [0.15, 0.2) is 0 Å². The van der Waals surface area contributed by atoms with Gasteiger partial charge in [-0.25, -0.2) is 0 Å². The van der Waals surface area contributed by atoms with Crippen molar-refractivity contribution in [2.45, 2.75) is 59.7 Å². The summed E-state index contributed by atoms with van der Waals surface area (Å²) in [6, 6.07) is 2.22. The highest BCUT2D eigenvalue weighted by Gasteiger charge is 2.10. The minimum absolute atomic E-state index is 0.170. The van der Waals surface area contributed by atoms with E-state index in [0.717, 1.165) is 32.7 Å². The quantitative estimate of drug-likeness (QED) is 0.755. The van der Waals surface area contributed by atoms with Crippen molar-refractivity contribution in [1.82, 2.24) is 9.88 Å². The lowest BCUT2D eigenvalue weighted by molar-refractivity contribution is 0.141. The Morgan fingerprint density at radius 3 is 2.67 bits per heavy atom. The Bertz CT molecular complexity index is 350. The van der Waals surface area contributed by atoms with Crippen molar-refractivity contribution >= 4 is 0 Å². The molecule has 0 aliphatic carbocycles. The standard InChI is InChI=1S/C15H28N2O/c1-6-18-11-7-9-17-10-8-14(13(17)2)12-16-15(3,4)5/h8,10,16H,6-7,9,11-12H2,1-5H3. The van der Waals surface area contributed by atoms with Crippen LogP contribution >= 0.6 is 0 Å². The molecular weight excluding hydrogens is 224 g/mol. The molecule has 0 saturated heterocycles. The van der Waals surface area contributed by atoms with E-state index in [1.165, 1.54) is 11.3 Å². The molecule has 0 spiro atoms. The summed E-state index contributed by atoms with van der Waals surface area (Å²) in [5, 5.41) is 3.53. The maximum atomic E-state index is 5.37. The molecule has 1 aromatic rings. The van der Waals surface area contributed by atoms with E-state index in [0.29, 0.717) is 0 Å². The molecule has 1 N–H and O–H groups in total. The van der Waals surface area contributed by atoms with Crippen LogP contribution in [0.15, 0.2) is 12.3 Å². The first-order valence-electron chi connectivity index (χ1n) is 6.91. The van der Waals surface area contributed by atoms with E-state index in [-0.39, 0.29) is 5.54 Å². The molecule has 3 nitrogen and oxygen atoms in total. The zero-order valence-corrected chi connectivity index (χ0v) is 12.5. The molecule has 0 unspecified atom stereocenters. The third-order valence-corrected chi connectivity index (χ3v) is 3.05. The lowest BCUT2D eigenvalue weighted by Crippen LogP contribution is -2.35. The Balaban J connectivity index is 2.45. The molecule has 0 bridgehead atoms. The number of aromatic nitrogens is 1. The van der Waals surface area contributed by atoms with Gasteiger partial charge >= 0.3 is 0 Å². The van der Waals surface area contributed by atoms with Crippen LogP contribution in [0.4, 0.5) is 0 Å². The Morgan fingerprint density at radius 1 is 1.33 bits per heavy atom. The molecule has 0 aromatic carbocycles. The first-order chi connectivity index (χ1) is 8.44. The normalized spacial score (nSPS) is 12.1. The molecule has 0 atom stereocenters. The highest BCUT2D eigenvalue weighted by molar-refractivity contribution is 5.21. The third-order valence-electron chi connectivity index (χ3n) is 3.05. The summed E-state index contributed by atoms with van der Waals surface area (Å²) < 4.78 is 7.69. The van der Waals surface area contributed by atoms with Crippen LogP contribution in [-0.2, 0) is 17.8 Å². The average molecular weight is 252 g/mol. The van der Waals surface area contributed by atoms with Crippen molar-refractivity contribution in [2.75, 3.05) is 13.2 Å². The van der Waals surface area contributed by atoms with Crippen molar-refractivity contribution in [3.8, 4) is 0 Å². The van der Waals surface area contributed by atoms with Gasteiger partial charge in [-0.3, -0.25) is 0 Å². The highest BCUT2D eigenvalue weighted by Crippen LogP contribution is 2.12. The molecule has 0 fully saturated rings. The van der Waals surface area contributed by atoms with Crippen LogP contribution in [0.3, 0.4) is 0 Å². The summed E-state index contributed by atoms with van der Waals surface area (Å²) in [5.41, 5.74) is 2.92. The van der Waals surface area contributed by atoms with Gasteiger partial charge in [-0.1, -0.05) is 0 Å². The predicted molar refractivity (Wildman–Crippen MR) is 76.9 cm³/mol. The highest BCUT2D eigenvalue weighted by atomic mass is 16.5. The summed E-state index contributed by atoms with van der Waals surface area (Å²) in [6.45, 7) is 14.5. The minimum Gasteiger partial charge on any atom is -0.382 e. The summed E-state index contributed by atoms with van der Waals surface area (Å²) in [7, 11) is 0. The van der Waals surface area contributed by atoms with Gasteiger partial charge in [-0.15, -0.1) is 0 Å². The maximum Gasteiger partial charge on any atom is 0.0482 e. The number of aryl methyl sites for hydroxylation is 1. The van der Waals surface area contributed by atoms with E-state index in [9.17, 15) is 0 Å². The van der Waals surface area contributed by atoms with Gasteiger partial charge in [0, 0.05) is 43.7 Å². The molecule has 0 radical (unpaired) electrons. The molecule has 18 heavy (non-hydrogen) atoms. The Kier molecular flexibility index (Phi) is 5.89. The van der Waals surface area contributed by atoms with Crippen molar-refractivity contribution in [1.29, 1.82) is 0 Å². The van der Waals surface area contributed by atoms with E-state index in [4.69, 9.17) is 4.74 Å². The molecule has 1 heterocycles. The summed E-state index contributed by atoms with van der Waals surface area (Å²) in [6.07, 6.45) is 3.26. The van der Waals surface area contributed by atoms with Crippen molar-refractivity contribution in [2.24, 2.45) is 0 Å². The van der Waals surface area contributed by atoms with Gasteiger partial charge in [0.1, 0.15) is 0 Å². The van der Waals surface area contributed by atoms with Crippen LogP contribution in [-0.4, -0.2) is 23.3 Å². The monoisotopic (exact) mass is 252 g/mol. The van der Waals surface area contributed by atoms with Crippen LogP contribution in [0.25, 0.3) is 0 Å². The van der Waals surface area contributed by atoms with Crippen molar-refractivity contribution < 1.29 is 4.74 Å². The molecule has 3 heteroatoms. The van der Waals surface area contributed by atoms with Crippen LogP contribution in [0.5, 0.6) is 0 Å². The lowest BCUT2D eigenvalue weighted by atomic mass is 10.1. The number of rotatable bonds is 7. The second-order valence-corrected chi connectivity index (χ2v) is 5.77. The van der Waals surface area contributed by atoms with Gasteiger partial charge in [0.05, 0.1) is 0 Å².